The van der Waals surface area contributed by atoms with Gasteiger partial charge >= 0.3 is 11.9 Å². The van der Waals surface area contributed by atoms with Crippen molar-refractivity contribution in [2.24, 2.45) is 5.73 Å². The van der Waals surface area contributed by atoms with Crippen molar-refractivity contribution in [2.75, 3.05) is 0 Å². The Hall–Kier alpha value is -3.93. The van der Waals surface area contributed by atoms with Crippen molar-refractivity contribution in [3.05, 3.63) is 48.0 Å². The molecule has 0 saturated carbocycles. The summed E-state index contributed by atoms with van der Waals surface area (Å²) >= 11 is 0. The molecule has 31 heavy (non-hydrogen) atoms. The zero-order chi connectivity index (χ0) is 23.0. The standard InChI is InChI=1S/C19H23N5O7/c20-13(7-16(26)27)17(28)23-14(5-10-1-3-12(25)4-2-10)18(29)24-15(19(30)31)6-11-8-21-9-22-11/h1-4,8-9,13-15,25H,5-7,20H2,(H,21,22)(H,23,28)(H,24,29)(H,26,27)(H,30,31). The number of hydrogen-bond donors (Lipinski definition) is 7. The molecule has 1 aromatic carbocycles. The number of nitrogens with two attached hydrogens (primary N) is 1. The van der Waals surface area contributed by atoms with E-state index < -0.39 is 48.3 Å². The molecule has 0 spiro atoms. The molecule has 0 saturated heterocycles. The summed E-state index contributed by atoms with van der Waals surface area (Å²) in [5, 5.41) is 32.4. The first kappa shape index (κ1) is 23.3. The molecular formula is C19H23N5O7. The molecule has 12 nitrogen and oxygen atoms in total. The molecule has 12 heteroatoms. The highest BCUT2D eigenvalue weighted by Crippen LogP contribution is 2.12. The summed E-state index contributed by atoms with van der Waals surface area (Å²) < 4.78 is 0. The number of nitrogens with zero attached hydrogens (tertiary/aromatic N) is 1. The minimum atomic E-state index is -1.40. The molecule has 0 bridgehead atoms. The van der Waals surface area contributed by atoms with Crippen molar-refractivity contribution in [3.63, 3.8) is 0 Å². The monoisotopic (exact) mass is 433 g/mol. The zero-order valence-corrected chi connectivity index (χ0v) is 16.3. The first-order valence-corrected chi connectivity index (χ1v) is 9.21. The van der Waals surface area contributed by atoms with Gasteiger partial charge in [0.1, 0.15) is 17.8 Å². The molecule has 166 valence electrons. The normalized spacial score (nSPS) is 13.6. The number of H-pyrrole nitrogens is 1. The Labute approximate surface area is 176 Å². The van der Waals surface area contributed by atoms with Crippen molar-refractivity contribution in [2.45, 2.75) is 37.4 Å². The Bertz CT molecular complexity index is 914. The van der Waals surface area contributed by atoms with E-state index in [1.807, 2.05) is 0 Å². The third-order valence-corrected chi connectivity index (χ3v) is 4.33. The van der Waals surface area contributed by atoms with E-state index in [4.69, 9.17) is 10.8 Å². The lowest BCUT2D eigenvalue weighted by Crippen LogP contribution is -2.55. The molecule has 1 aromatic heterocycles. The van der Waals surface area contributed by atoms with Crippen molar-refractivity contribution in [1.82, 2.24) is 20.6 Å². The summed E-state index contributed by atoms with van der Waals surface area (Å²) in [4.78, 5) is 54.0. The predicted octanol–water partition coefficient (Wildman–Crippen LogP) is -1.24. The summed E-state index contributed by atoms with van der Waals surface area (Å²) in [6, 6.07) is 1.89. The molecule has 3 unspecified atom stereocenters. The van der Waals surface area contributed by atoms with Gasteiger partial charge in [0, 0.05) is 24.7 Å². The molecule has 8 N–H and O–H groups in total. The van der Waals surface area contributed by atoms with Gasteiger partial charge in [0.2, 0.25) is 11.8 Å². The number of aromatic nitrogens is 2. The van der Waals surface area contributed by atoms with Crippen LogP contribution in [0.1, 0.15) is 17.7 Å². The van der Waals surface area contributed by atoms with Crippen LogP contribution >= 0.6 is 0 Å². The zero-order valence-electron chi connectivity index (χ0n) is 16.3. The highest BCUT2D eigenvalue weighted by atomic mass is 16.4. The van der Waals surface area contributed by atoms with Gasteiger partial charge < -0.3 is 36.7 Å². The van der Waals surface area contributed by atoms with E-state index in [-0.39, 0.29) is 18.6 Å². The maximum Gasteiger partial charge on any atom is 0.326 e. The van der Waals surface area contributed by atoms with Gasteiger partial charge in [0.05, 0.1) is 18.8 Å². The third kappa shape index (κ3) is 7.44. The number of amides is 2. The van der Waals surface area contributed by atoms with Gasteiger partial charge in [-0.1, -0.05) is 12.1 Å². The van der Waals surface area contributed by atoms with E-state index in [0.29, 0.717) is 11.3 Å². The number of aromatic hydroxyl groups is 1. The van der Waals surface area contributed by atoms with Crippen molar-refractivity contribution in [1.29, 1.82) is 0 Å². The summed E-state index contributed by atoms with van der Waals surface area (Å²) in [7, 11) is 0. The van der Waals surface area contributed by atoms with Crippen molar-refractivity contribution < 1.29 is 34.5 Å². The highest BCUT2D eigenvalue weighted by Gasteiger charge is 2.29. The molecule has 0 aliphatic rings. The van der Waals surface area contributed by atoms with Crippen LogP contribution in [0.5, 0.6) is 5.75 Å². The van der Waals surface area contributed by atoms with E-state index in [2.05, 4.69) is 20.6 Å². The minimum Gasteiger partial charge on any atom is -0.508 e. The first-order valence-electron chi connectivity index (χ1n) is 9.21. The molecule has 2 rings (SSSR count). The summed E-state index contributed by atoms with van der Waals surface area (Å²) in [6.45, 7) is 0. The topological polar surface area (TPSA) is 208 Å². The molecule has 2 amide bonds. The smallest absolute Gasteiger partial charge is 0.326 e. The summed E-state index contributed by atoms with van der Waals surface area (Å²) in [6.07, 6.45) is 2.03. The van der Waals surface area contributed by atoms with Crippen LogP contribution < -0.4 is 16.4 Å². The second-order valence-corrected chi connectivity index (χ2v) is 6.82. The Balaban J connectivity index is 2.16. The van der Waals surface area contributed by atoms with Crippen LogP contribution in [0.3, 0.4) is 0 Å². The van der Waals surface area contributed by atoms with Gasteiger partial charge in [0.25, 0.3) is 0 Å². The van der Waals surface area contributed by atoms with Crippen molar-refractivity contribution >= 4 is 23.8 Å². The summed E-state index contributed by atoms with van der Waals surface area (Å²) in [5.41, 5.74) is 6.60. The number of aromatic amines is 1. The van der Waals surface area contributed by atoms with Crippen LogP contribution in [0, 0.1) is 0 Å². The van der Waals surface area contributed by atoms with Crippen LogP contribution in [-0.2, 0) is 32.0 Å². The van der Waals surface area contributed by atoms with Crippen molar-refractivity contribution in [3.8, 4) is 5.75 Å². The first-order chi connectivity index (χ1) is 14.7. The highest BCUT2D eigenvalue weighted by molar-refractivity contribution is 5.93. The lowest BCUT2D eigenvalue weighted by Gasteiger charge is -2.22. The minimum absolute atomic E-state index is 0.00256. The second-order valence-electron chi connectivity index (χ2n) is 6.82. The maximum atomic E-state index is 12.8. The molecule has 1 heterocycles. The SMILES string of the molecule is NC(CC(=O)O)C(=O)NC(Cc1ccc(O)cc1)C(=O)NC(Cc1cnc[nH]1)C(=O)O. The third-order valence-electron chi connectivity index (χ3n) is 4.33. The van der Waals surface area contributed by atoms with Crippen LogP contribution in [0.4, 0.5) is 0 Å². The largest absolute Gasteiger partial charge is 0.508 e. The van der Waals surface area contributed by atoms with E-state index in [9.17, 15) is 29.4 Å². The number of phenolic OH excluding ortho intramolecular Hbond substituents is 1. The fraction of sp³-hybridized carbons (Fsp3) is 0.316. The van der Waals surface area contributed by atoms with E-state index in [1.165, 1.54) is 36.8 Å². The molecule has 0 fully saturated rings. The van der Waals surface area contributed by atoms with Crippen LogP contribution in [-0.4, -0.2) is 67.2 Å². The van der Waals surface area contributed by atoms with E-state index >= 15 is 0 Å². The number of nitrogens with one attached hydrogen (secondary N) is 3. The fourth-order valence-corrected chi connectivity index (χ4v) is 2.73. The average Bonchev–Trinajstić information content (AvgIpc) is 3.21. The van der Waals surface area contributed by atoms with Gasteiger partial charge in [-0.25, -0.2) is 9.78 Å². The molecule has 3 atom stereocenters. The van der Waals surface area contributed by atoms with Gasteiger partial charge in [-0.05, 0) is 17.7 Å². The molecule has 0 aliphatic heterocycles. The molecule has 2 aromatic rings. The predicted molar refractivity (Wildman–Crippen MR) is 106 cm³/mol. The number of aliphatic carboxylic acids is 2. The van der Waals surface area contributed by atoms with E-state index in [1.54, 1.807) is 0 Å². The van der Waals surface area contributed by atoms with Gasteiger partial charge in [-0.15, -0.1) is 0 Å². The molecular weight excluding hydrogens is 410 g/mol. The van der Waals surface area contributed by atoms with Gasteiger partial charge in [-0.2, -0.15) is 0 Å². The number of carbonyl (C=O) groups is 4. The number of rotatable bonds is 11. The number of benzene rings is 1. The maximum absolute atomic E-state index is 12.8. The second kappa shape index (κ2) is 10.7. The van der Waals surface area contributed by atoms with E-state index in [0.717, 1.165) is 0 Å². The quantitative estimate of drug-likeness (QED) is 0.226. The number of hydrogen-bond acceptors (Lipinski definition) is 7. The Kier molecular flexibility index (Phi) is 8.09. The van der Waals surface area contributed by atoms with Crippen LogP contribution in [0.15, 0.2) is 36.8 Å². The lowest BCUT2D eigenvalue weighted by atomic mass is 10.0. The number of imidazole rings is 1. The number of carbonyl (C=O) groups excluding carboxylic acids is 2. The fourth-order valence-electron chi connectivity index (χ4n) is 2.73. The molecule has 0 radical (unpaired) electrons. The summed E-state index contributed by atoms with van der Waals surface area (Å²) in [5.74, 6) is -4.24. The van der Waals surface area contributed by atoms with Gasteiger partial charge in [-0.3, -0.25) is 14.4 Å². The molecule has 0 aliphatic carbocycles. The Morgan fingerprint density at radius 1 is 1.00 bits per heavy atom. The lowest BCUT2D eigenvalue weighted by molar-refractivity contribution is -0.142. The number of phenols is 1. The number of carboxylic acid groups (broad SMARTS) is 2. The Morgan fingerprint density at radius 3 is 2.19 bits per heavy atom. The number of carboxylic acids is 2. The Morgan fingerprint density at radius 2 is 1.65 bits per heavy atom. The average molecular weight is 433 g/mol. The van der Waals surface area contributed by atoms with Gasteiger partial charge in [0.15, 0.2) is 0 Å². The van der Waals surface area contributed by atoms with Crippen LogP contribution in [0.2, 0.25) is 0 Å². The van der Waals surface area contributed by atoms with Crippen LogP contribution in [0.25, 0.3) is 0 Å².